The highest BCUT2D eigenvalue weighted by atomic mass is 79.9. The molecule has 1 aromatic carbocycles. The van der Waals surface area contributed by atoms with Gasteiger partial charge < -0.3 is 0 Å². The van der Waals surface area contributed by atoms with Gasteiger partial charge in [0, 0.05) is 21.4 Å². The first-order chi connectivity index (χ1) is 6.74. The number of hydrogen-bond donors (Lipinski definition) is 0. The molecule has 0 fully saturated rings. The van der Waals surface area contributed by atoms with Gasteiger partial charge in [0.1, 0.15) is 5.15 Å². The Labute approximate surface area is 104 Å². The summed E-state index contributed by atoms with van der Waals surface area (Å²) in [7, 11) is 0. The Morgan fingerprint density at radius 1 is 1.29 bits per heavy atom. The summed E-state index contributed by atoms with van der Waals surface area (Å²) in [6.45, 7) is 0. The number of aromatic nitrogens is 1. The molecule has 72 valence electrons. The molecule has 0 spiro atoms. The van der Waals surface area contributed by atoms with Crippen molar-refractivity contribution >= 4 is 54.2 Å². The van der Waals surface area contributed by atoms with Gasteiger partial charge in [-0.2, -0.15) is 0 Å². The molecule has 14 heavy (non-hydrogen) atoms. The van der Waals surface area contributed by atoms with E-state index < -0.39 is 0 Å². The van der Waals surface area contributed by atoms with Crippen molar-refractivity contribution in [2.45, 2.75) is 5.33 Å². The molecule has 0 amide bonds. The summed E-state index contributed by atoms with van der Waals surface area (Å²) in [5.74, 6) is 0. The van der Waals surface area contributed by atoms with Gasteiger partial charge in [-0.1, -0.05) is 49.5 Å². The second kappa shape index (κ2) is 4.17. The van der Waals surface area contributed by atoms with Gasteiger partial charge >= 0.3 is 0 Å². The van der Waals surface area contributed by atoms with Crippen molar-refractivity contribution < 1.29 is 0 Å². The monoisotopic (exact) mass is 333 g/mol. The lowest BCUT2D eigenvalue weighted by Crippen LogP contribution is -1.87. The third kappa shape index (κ3) is 1.69. The van der Waals surface area contributed by atoms with E-state index in [1.807, 2.05) is 18.2 Å². The predicted molar refractivity (Wildman–Crippen MR) is 67.1 cm³/mol. The maximum absolute atomic E-state index is 6.06. The second-order valence-corrected chi connectivity index (χ2v) is 4.63. The lowest BCUT2D eigenvalue weighted by molar-refractivity contribution is 1.34. The summed E-state index contributed by atoms with van der Waals surface area (Å²) in [5.41, 5.74) is 1.14. The largest absolute Gasteiger partial charge is 0.244 e. The van der Waals surface area contributed by atoms with Gasteiger partial charge in [-0.15, -0.1) is 0 Å². The van der Waals surface area contributed by atoms with Gasteiger partial charge in [0.25, 0.3) is 0 Å². The molecule has 0 aliphatic carbocycles. The molecule has 0 saturated carbocycles. The van der Waals surface area contributed by atoms with Crippen LogP contribution in [0.2, 0.25) is 5.15 Å². The van der Waals surface area contributed by atoms with Crippen LogP contribution in [0.15, 0.2) is 28.9 Å². The van der Waals surface area contributed by atoms with Crippen molar-refractivity contribution in [3.8, 4) is 0 Å². The molecule has 1 aromatic heterocycles. The van der Waals surface area contributed by atoms with E-state index in [-0.39, 0.29) is 0 Å². The number of alkyl halides is 1. The van der Waals surface area contributed by atoms with Crippen LogP contribution < -0.4 is 0 Å². The number of hydrogen-bond acceptors (Lipinski definition) is 1. The van der Waals surface area contributed by atoms with E-state index in [0.29, 0.717) is 5.15 Å². The molecule has 4 heteroatoms. The van der Waals surface area contributed by atoms with Crippen LogP contribution in [0, 0.1) is 0 Å². The molecule has 1 nitrogen and oxygen atoms in total. The first kappa shape index (κ1) is 10.4. The Balaban J connectivity index is 2.91. The molecule has 0 unspecified atom stereocenters. The van der Waals surface area contributed by atoms with E-state index >= 15 is 0 Å². The van der Waals surface area contributed by atoms with Gasteiger partial charge in [-0.25, -0.2) is 4.98 Å². The van der Waals surface area contributed by atoms with Crippen LogP contribution >= 0.6 is 43.5 Å². The van der Waals surface area contributed by atoms with Crippen LogP contribution in [0.25, 0.3) is 10.8 Å². The quantitative estimate of drug-likeness (QED) is 0.550. The summed E-state index contributed by atoms with van der Waals surface area (Å²) in [5, 5.41) is 3.44. The number of fused-ring (bicyclic) bond motifs is 1. The lowest BCUT2D eigenvalue weighted by atomic mass is 10.1. The minimum absolute atomic E-state index is 0.554. The third-order valence-corrected chi connectivity index (χ3v) is 3.66. The lowest BCUT2D eigenvalue weighted by Gasteiger charge is -2.06. The Morgan fingerprint density at radius 2 is 2.07 bits per heavy atom. The smallest absolute Gasteiger partial charge is 0.137 e. The van der Waals surface area contributed by atoms with Crippen molar-refractivity contribution in [2.75, 3.05) is 0 Å². The first-order valence-corrected chi connectivity index (χ1v) is 6.31. The van der Waals surface area contributed by atoms with E-state index in [4.69, 9.17) is 11.6 Å². The summed E-state index contributed by atoms with van der Waals surface area (Å²) in [4.78, 5) is 4.08. The zero-order chi connectivity index (χ0) is 10.1. The summed E-state index contributed by atoms with van der Waals surface area (Å²) in [6, 6.07) is 6.01. The van der Waals surface area contributed by atoms with Crippen LogP contribution in [0.5, 0.6) is 0 Å². The van der Waals surface area contributed by atoms with Gasteiger partial charge in [0.2, 0.25) is 0 Å². The Hall–Kier alpha value is -0.120. The molecule has 0 aliphatic rings. The van der Waals surface area contributed by atoms with Gasteiger partial charge in [0.05, 0.1) is 0 Å². The molecule has 2 aromatic rings. The van der Waals surface area contributed by atoms with E-state index in [2.05, 4.69) is 36.8 Å². The van der Waals surface area contributed by atoms with Crippen LogP contribution in [0.3, 0.4) is 0 Å². The van der Waals surface area contributed by atoms with Crippen molar-refractivity contribution in [2.24, 2.45) is 0 Å². The van der Waals surface area contributed by atoms with Crippen LogP contribution in [0.4, 0.5) is 0 Å². The Morgan fingerprint density at radius 3 is 2.79 bits per heavy atom. The van der Waals surface area contributed by atoms with Gasteiger partial charge in [-0.3, -0.25) is 0 Å². The van der Waals surface area contributed by atoms with Gasteiger partial charge in [-0.05, 0) is 23.1 Å². The average molecular weight is 335 g/mol. The molecule has 1 heterocycles. The number of pyridine rings is 1. The number of rotatable bonds is 1. The van der Waals surface area contributed by atoms with E-state index in [1.165, 1.54) is 0 Å². The fraction of sp³-hybridized carbons (Fsp3) is 0.100. The Bertz CT molecular complexity index is 485. The highest BCUT2D eigenvalue weighted by Crippen LogP contribution is 2.31. The van der Waals surface area contributed by atoms with Crippen molar-refractivity contribution in [3.63, 3.8) is 0 Å². The predicted octanol–water partition coefficient (Wildman–Crippen LogP) is 4.55. The number of benzene rings is 1. The standard InChI is InChI=1S/C10H6Br2ClN/c11-5-7-8(12)2-1-6-3-4-14-10(13)9(6)7/h1-4H,5H2. The van der Waals surface area contributed by atoms with Crippen molar-refractivity contribution in [3.05, 3.63) is 39.6 Å². The van der Waals surface area contributed by atoms with E-state index in [0.717, 1.165) is 26.1 Å². The molecule has 0 aliphatic heterocycles. The van der Waals surface area contributed by atoms with E-state index in [9.17, 15) is 0 Å². The summed E-state index contributed by atoms with van der Waals surface area (Å²) < 4.78 is 1.05. The van der Waals surface area contributed by atoms with Crippen molar-refractivity contribution in [1.29, 1.82) is 0 Å². The van der Waals surface area contributed by atoms with Crippen LogP contribution in [0.1, 0.15) is 5.56 Å². The SMILES string of the molecule is Clc1nccc2ccc(Br)c(CBr)c12. The number of nitrogens with zero attached hydrogens (tertiary/aromatic N) is 1. The van der Waals surface area contributed by atoms with E-state index in [1.54, 1.807) is 6.20 Å². The zero-order valence-electron chi connectivity index (χ0n) is 7.10. The normalized spacial score (nSPS) is 10.8. The molecule has 0 N–H and O–H groups in total. The molecule has 0 saturated heterocycles. The molecule has 0 bridgehead atoms. The Kier molecular flexibility index (Phi) is 3.10. The highest BCUT2D eigenvalue weighted by Gasteiger charge is 2.08. The fourth-order valence-corrected chi connectivity index (χ4v) is 3.11. The van der Waals surface area contributed by atoms with Gasteiger partial charge in [0.15, 0.2) is 0 Å². The highest BCUT2D eigenvalue weighted by molar-refractivity contribution is 9.10. The van der Waals surface area contributed by atoms with Crippen molar-refractivity contribution in [1.82, 2.24) is 4.98 Å². The molecule has 0 atom stereocenters. The molecular formula is C10H6Br2ClN. The second-order valence-electron chi connectivity index (χ2n) is 2.86. The third-order valence-electron chi connectivity index (χ3n) is 2.07. The van der Waals surface area contributed by atoms with Crippen LogP contribution in [-0.2, 0) is 5.33 Å². The fourth-order valence-electron chi connectivity index (χ4n) is 1.40. The average Bonchev–Trinajstić information content (AvgIpc) is 2.19. The van der Waals surface area contributed by atoms with Crippen LogP contribution in [-0.4, -0.2) is 4.98 Å². The molecule has 0 radical (unpaired) electrons. The molecular weight excluding hydrogens is 329 g/mol. The maximum Gasteiger partial charge on any atom is 0.137 e. The number of halogens is 3. The zero-order valence-corrected chi connectivity index (χ0v) is 11.0. The molecule has 2 rings (SSSR count). The topological polar surface area (TPSA) is 12.9 Å². The minimum atomic E-state index is 0.554. The minimum Gasteiger partial charge on any atom is -0.244 e. The summed E-state index contributed by atoms with van der Waals surface area (Å²) in [6.07, 6.45) is 1.72. The first-order valence-electron chi connectivity index (χ1n) is 4.01. The summed E-state index contributed by atoms with van der Waals surface area (Å²) >= 11 is 13.0. The maximum atomic E-state index is 6.06.